The number of hydrogen-bond acceptors (Lipinski definition) is 5. The van der Waals surface area contributed by atoms with Crippen LogP contribution in [0.4, 0.5) is 26.2 Å². The molecule has 2 aromatic rings. The number of halogens is 3. The number of hydrogen-bond donors (Lipinski definition) is 4. The molecule has 0 spiro atoms. The Labute approximate surface area is 206 Å². The summed E-state index contributed by atoms with van der Waals surface area (Å²) in [5.41, 5.74) is 5.66. The van der Waals surface area contributed by atoms with Gasteiger partial charge in [-0.15, -0.1) is 0 Å². The molecule has 2 fully saturated rings. The molecule has 0 saturated heterocycles. The van der Waals surface area contributed by atoms with E-state index in [-0.39, 0.29) is 52.6 Å². The number of amides is 1. The lowest BCUT2D eigenvalue weighted by Gasteiger charge is -2.31. The van der Waals surface area contributed by atoms with Crippen LogP contribution in [0.1, 0.15) is 50.3 Å². The van der Waals surface area contributed by atoms with Gasteiger partial charge in [-0.2, -0.15) is 0 Å². The van der Waals surface area contributed by atoms with Gasteiger partial charge >= 0.3 is 0 Å². The van der Waals surface area contributed by atoms with E-state index in [9.17, 15) is 18.7 Å². The van der Waals surface area contributed by atoms with Crippen molar-refractivity contribution >= 4 is 47.6 Å². The van der Waals surface area contributed by atoms with Gasteiger partial charge in [-0.3, -0.25) is 9.36 Å². The zero-order chi connectivity index (χ0) is 25.3. The van der Waals surface area contributed by atoms with Crippen LogP contribution in [0.5, 0.6) is 0 Å². The fraction of sp³-hybridized carbons (Fsp3) is 0.478. The Kier molecular flexibility index (Phi) is 7.36. The quantitative estimate of drug-likeness (QED) is 0.346. The van der Waals surface area contributed by atoms with E-state index in [4.69, 9.17) is 17.3 Å². The number of aliphatic hydroxyl groups is 1. The molecular formula is C23H28ClF2N7O2. The first-order valence-corrected chi connectivity index (χ1v) is 11.8. The van der Waals surface area contributed by atoms with Crippen molar-refractivity contribution in [2.45, 2.75) is 63.6 Å². The molecule has 1 aromatic heterocycles. The number of aryl methyl sites for hydroxylation is 1. The van der Waals surface area contributed by atoms with E-state index < -0.39 is 11.6 Å². The molecule has 2 aliphatic rings. The maximum atomic E-state index is 14.5. The monoisotopic (exact) mass is 507 g/mol. The predicted octanol–water partition coefficient (Wildman–Crippen LogP) is 4.08. The zero-order valence-electron chi connectivity index (χ0n) is 19.3. The van der Waals surface area contributed by atoms with Gasteiger partial charge in [0.25, 0.3) is 0 Å². The van der Waals surface area contributed by atoms with Crippen LogP contribution in [-0.4, -0.2) is 45.4 Å². The summed E-state index contributed by atoms with van der Waals surface area (Å²) >= 11 is 5.77. The first-order chi connectivity index (χ1) is 16.7. The fourth-order valence-corrected chi connectivity index (χ4v) is 4.78. The third kappa shape index (κ3) is 5.46. The average Bonchev–Trinajstić information content (AvgIpc) is 3.09. The first-order valence-electron chi connectivity index (χ1n) is 11.5. The molecular weight excluding hydrogens is 480 g/mol. The molecule has 1 amide bonds. The number of rotatable bonds is 6. The van der Waals surface area contributed by atoms with Crippen LogP contribution in [0.25, 0.3) is 0 Å². The van der Waals surface area contributed by atoms with Gasteiger partial charge in [-0.1, -0.05) is 11.6 Å². The summed E-state index contributed by atoms with van der Waals surface area (Å²) in [6.45, 7) is 5.33. The first kappa shape index (κ1) is 25.1. The normalized spacial score (nSPS) is 24.5. The molecule has 2 saturated carbocycles. The van der Waals surface area contributed by atoms with Gasteiger partial charge in [0.1, 0.15) is 11.5 Å². The molecule has 35 heavy (non-hydrogen) atoms. The zero-order valence-corrected chi connectivity index (χ0v) is 20.0. The minimum Gasteiger partial charge on any atom is -0.393 e. The lowest BCUT2D eigenvalue weighted by molar-refractivity contribution is -0.122. The number of guanidine groups is 1. The standard InChI is InChI=1S/C23H28ClF2N7O2/c1-11-21(32-22(28-2)30-14-9-16(34)10-14)33(15-5-3-12(4-6-15)20(27)35)23(29-11)31-19-17(25)7-13(24)8-18(19)26/h7-8,12,14-16,34H,2-6,9-10H2,1H3,(H2,27,35)(H,29,31)(H,30,32). The van der Waals surface area contributed by atoms with Crippen molar-refractivity contribution in [3.63, 3.8) is 0 Å². The maximum Gasteiger partial charge on any atom is 0.223 e. The van der Waals surface area contributed by atoms with Crippen molar-refractivity contribution in [2.75, 3.05) is 10.6 Å². The van der Waals surface area contributed by atoms with Crippen molar-refractivity contribution in [1.29, 1.82) is 0 Å². The highest BCUT2D eigenvalue weighted by molar-refractivity contribution is 6.30. The van der Waals surface area contributed by atoms with E-state index in [1.165, 1.54) is 0 Å². The van der Waals surface area contributed by atoms with Crippen LogP contribution in [-0.2, 0) is 4.79 Å². The highest BCUT2D eigenvalue weighted by Gasteiger charge is 2.31. The smallest absolute Gasteiger partial charge is 0.223 e. The van der Waals surface area contributed by atoms with Crippen molar-refractivity contribution in [3.05, 3.63) is 34.5 Å². The predicted molar refractivity (Wildman–Crippen MR) is 131 cm³/mol. The number of nitrogens with two attached hydrogens (primary N) is 1. The number of carbonyl (C=O) groups excluding carboxylic acids is 1. The van der Waals surface area contributed by atoms with E-state index in [0.717, 1.165) is 12.1 Å². The third-order valence-electron chi connectivity index (χ3n) is 6.57. The van der Waals surface area contributed by atoms with Crippen molar-refractivity contribution < 1.29 is 18.7 Å². The van der Waals surface area contributed by atoms with Crippen LogP contribution in [0.2, 0.25) is 5.02 Å². The Morgan fingerprint density at radius 1 is 1.26 bits per heavy atom. The summed E-state index contributed by atoms with van der Waals surface area (Å²) in [6, 6.07) is 1.83. The Morgan fingerprint density at radius 2 is 1.89 bits per heavy atom. The second-order valence-electron chi connectivity index (χ2n) is 9.03. The van der Waals surface area contributed by atoms with E-state index in [1.807, 2.05) is 4.57 Å². The number of aliphatic imine (C=N–C) groups is 2. The fourth-order valence-electron chi connectivity index (χ4n) is 4.59. The SMILES string of the molecule is C=NC(=NC1CC(O)C1)Nc1c(C)nc(Nc2c(F)cc(Cl)cc2F)n1C1CCC(C(N)=O)CC1. The molecule has 188 valence electrons. The Balaban J connectivity index is 1.70. The van der Waals surface area contributed by atoms with Crippen molar-refractivity contribution in [1.82, 2.24) is 9.55 Å². The summed E-state index contributed by atoms with van der Waals surface area (Å²) in [7, 11) is 0. The van der Waals surface area contributed by atoms with Crippen LogP contribution in [0.3, 0.4) is 0 Å². The molecule has 1 heterocycles. The molecule has 0 radical (unpaired) electrons. The van der Waals surface area contributed by atoms with Crippen LogP contribution >= 0.6 is 11.6 Å². The number of carbonyl (C=O) groups is 1. The maximum absolute atomic E-state index is 14.5. The second kappa shape index (κ2) is 10.3. The Bertz CT molecular complexity index is 1130. The molecule has 0 unspecified atom stereocenters. The summed E-state index contributed by atoms with van der Waals surface area (Å²) in [5.74, 6) is -1.24. The third-order valence-corrected chi connectivity index (χ3v) is 6.78. The largest absolute Gasteiger partial charge is 0.393 e. The molecule has 0 bridgehead atoms. The molecule has 0 atom stereocenters. The summed E-state index contributed by atoms with van der Waals surface area (Å²) in [4.78, 5) is 24.7. The topological polar surface area (TPSA) is 130 Å². The highest BCUT2D eigenvalue weighted by Crippen LogP contribution is 2.39. The number of primary amides is 1. The molecule has 5 N–H and O–H groups in total. The molecule has 12 heteroatoms. The van der Waals surface area contributed by atoms with Gasteiger partial charge in [0, 0.05) is 17.0 Å². The lowest BCUT2D eigenvalue weighted by atomic mass is 9.85. The van der Waals surface area contributed by atoms with Crippen LogP contribution in [0, 0.1) is 24.5 Å². The number of benzene rings is 1. The van der Waals surface area contributed by atoms with E-state index in [1.54, 1.807) is 6.92 Å². The minimum atomic E-state index is -0.854. The number of anilines is 3. The molecule has 0 aliphatic heterocycles. The Morgan fingerprint density at radius 3 is 2.43 bits per heavy atom. The van der Waals surface area contributed by atoms with Gasteiger partial charge in [0.2, 0.25) is 17.8 Å². The van der Waals surface area contributed by atoms with Crippen molar-refractivity contribution in [2.24, 2.45) is 21.6 Å². The lowest BCUT2D eigenvalue weighted by Crippen LogP contribution is -2.33. The summed E-state index contributed by atoms with van der Waals surface area (Å²) in [6.07, 6.45) is 3.10. The number of imidazole rings is 1. The molecule has 4 rings (SSSR count). The summed E-state index contributed by atoms with van der Waals surface area (Å²) < 4.78 is 30.9. The van der Waals surface area contributed by atoms with Gasteiger partial charge in [-0.25, -0.2) is 23.7 Å². The number of aliphatic hydroxyl groups excluding tert-OH is 1. The van der Waals surface area contributed by atoms with E-state index in [0.29, 0.717) is 50.0 Å². The second-order valence-corrected chi connectivity index (χ2v) is 9.47. The molecule has 9 nitrogen and oxygen atoms in total. The number of nitrogens with one attached hydrogen (secondary N) is 2. The van der Waals surface area contributed by atoms with Gasteiger partial charge in [-0.05, 0) is 64.3 Å². The number of nitrogens with zero attached hydrogens (tertiary/aromatic N) is 4. The average molecular weight is 508 g/mol. The minimum absolute atomic E-state index is 0.0591. The summed E-state index contributed by atoms with van der Waals surface area (Å²) in [5, 5.41) is 15.4. The van der Waals surface area contributed by atoms with Crippen LogP contribution < -0.4 is 16.4 Å². The molecule has 1 aromatic carbocycles. The van der Waals surface area contributed by atoms with Gasteiger partial charge in [0.05, 0.1) is 17.8 Å². The van der Waals surface area contributed by atoms with Gasteiger partial charge < -0.3 is 21.5 Å². The highest BCUT2D eigenvalue weighted by atomic mass is 35.5. The van der Waals surface area contributed by atoms with Gasteiger partial charge in [0.15, 0.2) is 11.6 Å². The van der Waals surface area contributed by atoms with Crippen molar-refractivity contribution in [3.8, 4) is 0 Å². The number of aromatic nitrogens is 2. The Hall–Kier alpha value is -3.05. The molecule has 2 aliphatic carbocycles. The van der Waals surface area contributed by atoms with E-state index >= 15 is 0 Å². The van der Waals surface area contributed by atoms with E-state index in [2.05, 4.69) is 32.3 Å². The van der Waals surface area contributed by atoms with Crippen LogP contribution in [0.15, 0.2) is 22.1 Å².